The average molecular weight is 267 g/mol. The lowest BCUT2D eigenvalue weighted by atomic mass is 9.97. The Morgan fingerprint density at radius 2 is 2.22 bits per heavy atom. The molecule has 4 heteroatoms. The van der Waals surface area contributed by atoms with E-state index >= 15 is 0 Å². The maximum Gasteiger partial charge on any atom is 0.185 e. The van der Waals surface area contributed by atoms with E-state index in [1.807, 2.05) is 11.3 Å². The summed E-state index contributed by atoms with van der Waals surface area (Å²) >= 11 is 1.90. The number of nitrogens with zero attached hydrogens (tertiary/aromatic N) is 2. The minimum atomic E-state index is 0.494. The second-order valence-corrected chi connectivity index (χ2v) is 6.19. The smallest absolute Gasteiger partial charge is 0.185 e. The monoisotopic (exact) mass is 267 g/mol. The number of nitrogens with one attached hydrogen (secondary N) is 1. The van der Waals surface area contributed by atoms with Crippen LogP contribution in [0.25, 0.3) is 0 Å². The Bertz CT molecular complexity index is 375. The van der Waals surface area contributed by atoms with E-state index in [2.05, 4.69) is 31.1 Å². The van der Waals surface area contributed by atoms with Gasteiger partial charge in [-0.3, -0.25) is 0 Å². The van der Waals surface area contributed by atoms with E-state index in [-0.39, 0.29) is 0 Å². The Balaban J connectivity index is 2.12. The fourth-order valence-electron chi connectivity index (χ4n) is 2.52. The highest BCUT2D eigenvalue weighted by Crippen LogP contribution is 2.36. The van der Waals surface area contributed by atoms with E-state index in [1.54, 1.807) is 0 Å². The third-order valence-corrected chi connectivity index (χ3v) is 4.71. The van der Waals surface area contributed by atoms with Crippen LogP contribution >= 0.6 is 11.3 Å². The number of aryl methyl sites for hydroxylation is 1. The Hall–Kier alpha value is -0.610. The second-order valence-electron chi connectivity index (χ2n) is 5.13. The molecule has 1 aromatic heterocycles. The second kappa shape index (κ2) is 6.53. The molecule has 0 spiro atoms. The maximum absolute atomic E-state index is 4.89. The zero-order valence-corrected chi connectivity index (χ0v) is 12.6. The van der Waals surface area contributed by atoms with Gasteiger partial charge in [0.15, 0.2) is 5.13 Å². The molecule has 1 aliphatic rings. The van der Waals surface area contributed by atoms with Crippen LogP contribution in [0.2, 0.25) is 0 Å². The normalized spacial score (nSPS) is 18.7. The minimum Gasteiger partial charge on any atom is -0.351 e. The van der Waals surface area contributed by atoms with Crippen molar-refractivity contribution in [1.82, 2.24) is 10.3 Å². The fourth-order valence-corrected chi connectivity index (χ4v) is 3.67. The molecule has 18 heavy (non-hydrogen) atoms. The molecule has 0 fully saturated rings. The molecular weight excluding hydrogens is 242 g/mol. The van der Waals surface area contributed by atoms with Crippen LogP contribution < -0.4 is 10.2 Å². The predicted molar refractivity (Wildman–Crippen MR) is 79.6 cm³/mol. The molecule has 0 radical (unpaired) electrons. The maximum atomic E-state index is 4.89. The first-order valence-electron chi connectivity index (χ1n) is 7.20. The number of anilines is 1. The molecule has 0 bridgehead atoms. The van der Waals surface area contributed by atoms with Crippen molar-refractivity contribution in [1.29, 1.82) is 0 Å². The van der Waals surface area contributed by atoms with Crippen LogP contribution in [0.1, 0.15) is 56.1 Å². The molecule has 0 saturated heterocycles. The number of hydrogen-bond donors (Lipinski definition) is 1. The summed E-state index contributed by atoms with van der Waals surface area (Å²) in [5.74, 6) is 0. The van der Waals surface area contributed by atoms with Crippen LogP contribution in [0, 0.1) is 0 Å². The first-order chi connectivity index (χ1) is 8.76. The molecule has 0 amide bonds. The standard InChI is InChI=1S/C14H25N3S/c1-4-9-15-11-7-6-8-12-13(11)16-14(18-12)17(3)10-5-2/h11,15H,4-10H2,1-3H3. The Morgan fingerprint density at radius 1 is 1.39 bits per heavy atom. The van der Waals surface area contributed by atoms with Gasteiger partial charge in [-0.2, -0.15) is 0 Å². The molecule has 1 atom stereocenters. The molecule has 2 rings (SSSR count). The molecule has 1 heterocycles. The third kappa shape index (κ3) is 3.04. The highest BCUT2D eigenvalue weighted by atomic mass is 32.1. The summed E-state index contributed by atoms with van der Waals surface area (Å²) in [4.78, 5) is 8.68. The summed E-state index contributed by atoms with van der Waals surface area (Å²) in [5, 5.41) is 4.84. The van der Waals surface area contributed by atoms with Crippen molar-refractivity contribution in [2.75, 3.05) is 25.0 Å². The van der Waals surface area contributed by atoms with Gasteiger partial charge >= 0.3 is 0 Å². The van der Waals surface area contributed by atoms with Crippen LogP contribution in [-0.2, 0) is 6.42 Å². The number of rotatable bonds is 6. The van der Waals surface area contributed by atoms with Gasteiger partial charge in [-0.1, -0.05) is 13.8 Å². The zero-order valence-electron chi connectivity index (χ0n) is 11.8. The van der Waals surface area contributed by atoms with Gasteiger partial charge in [-0.25, -0.2) is 4.98 Å². The highest BCUT2D eigenvalue weighted by Gasteiger charge is 2.24. The summed E-state index contributed by atoms with van der Waals surface area (Å²) in [7, 11) is 2.16. The fraction of sp³-hybridized carbons (Fsp3) is 0.786. The van der Waals surface area contributed by atoms with E-state index in [1.165, 1.54) is 47.8 Å². The topological polar surface area (TPSA) is 28.2 Å². The molecule has 102 valence electrons. The third-order valence-electron chi connectivity index (χ3n) is 3.47. The molecule has 0 aromatic carbocycles. The van der Waals surface area contributed by atoms with Crippen molar-refractivity contribution in [3.05, 3.63) is 10.6 Å². The van der Waals surface area contributed by atoms with E-state index in [0.29, 0.717) is 6.04 Å². The first-order valence-corrected chi connectivity index (χ1v) is 8.02. The molecule has 1 N–H and O–H groups in total. The summed E-state index contributed by atoms with van der Waals surface area (Å²) in [6.45, 7) is 6.63. The summed E-state index contributed by atoms with van der Waals surface area (Å²) in [6.07, 6.45) is 6.13. The lowest BCUT2D eigenvalue weighted by molar-refractivity contribution is 0.454. The lowest BCUT2D eigenvalue weighted by Gasteiger charge is -2.22. The van der Waals surface area contributed by atoms with Crippen molar-refractivity contribution >= 4 is 16.5 Å². The largest absolute Gasteiger partial charge is 0.351 e. The van der Waals surface area contributed by atoms with Crippen molar-refractivity contribution < 1.29 is 0 Å². The van der Waals surface area contributed by atoms with Crippen molar-refractivity contribution in [2.24, 2.45) is 0 Å². The number of thiazole rings is 1. The first kappa shape index (κ1) is 13.8. The van der Waals surface area contributed by atoms with Gasteiger partial charge in [0.2, 0.25) is 0 Å². The quantitative estimate of drug-likeness (QED) is 0.856. The number of aromatic nitrogens is 1. The number of hydrogen-bond acceptors (Lipinski definition) is 4. The predicted octanol–water partition coefficient (Wildman–Crippen LogP) is 3.37. The Kier molecular flexibility index (Phi) is 5.01. The van der Waals surface area contributed by atoms with E-state index in [4.69, 9.17) is 4.98 Å². The van der Waals surface area contributed by atoms with Crippen LogP contribution in [0.5, 0.6) is 0 Å². The molecule has 3 nitrogen and oxygen atoms in total. The van der Waals surface area contributed by atoms with Crippen molar-refractivity contribution in [3.63, 3.8) is 0 Å². The zero-order chi connectivity index (χ0) is 13.0. The summed E-state index contributed by atoms with van der Waals surface area (Å²) < 4.78 is 0. The van der Waals surface area contributed by atoms with Gasteiger partial charge in [-0.05, 0) is 38.6 Å². The molecule has 1 aromatic rings. The van der Waals surface area contributed by atoms with Crippen molar-refractivity contribution in [3.8, 4) is 0 Å². The molecule has 0 aliphatic heterocycles. The Morgan fingerprint density at radius 3 is 2.94 bits per heavy atom. The molecular formula is C14H25N3S. The van der Waals surface area contributed by atoms with Crippen LogP contribution in [0.15, 0.2) is 0 Å². The van der Waals surface area contributed by atoms with Gasteiger partial charge in [-0.15, -0.1) is 11.3 Å². The van der Waals surface area contributed by atoms with Gasteiger partial charge in [0.25, 0.3) is 0 Å². The van der Waals surface area contributed by atoms with E-state index in [9.17, 15) is 0 Å². The van der Waals surface area contributed by atoms with E-state index in [0.717, 1.165) is 13.1 Å². The number of fused-ring (bicyclic) bond motifs is 1. The van der Waals surface area contributed by atoms with E-state index < -0.39 is 0 Å². The molecule has 0 saturated carbocycles. The van der Waals surface area contributed by atoms with Crippen LogP contribution in [0.3, 0.4) is 0 Å². The van der Waals surface area contributed by atoms with Crippen LogP contribution in [-0.4, -0.2) is 25.1 Å². The summed E-state index contributed by atoms with van der Waals surface area (Å²) in [5.41, 5.74) is 1.33. The van der Waals surface area contributed by atoms with Crippen LogP contribution in [0.4, 0.5) is 5.13 Å². The van der Waals surface area contributed by atoms with Gasteiger partial charge in [0, 0.05) is 18.5 Å². The Labute approximate surface area is 115 Å². The minimum absolute atomic E-state index is 0.494. The lowest BCUT2D eigenvalue weighted by Crippen LogP contribution is -2.25. The molecule has 1 unspecified atom stereocenters. The SMILES string of the molecule is CCCNC1CCCc2sc(N(C)CCC)nc21. The van der Waals surface area contributed by atoms with Crippen molar-refractivity contribution in [2.45, 2.75) is 52.0 Å². The summed E-state index contributed by atoms with van der Waals surface area (Å²) in [6, 6.07) is 0.494. The van der Waals surface area contributed by atoms with Gasteiger partial charge < -0.3 is 10.2 Å². The molecule has 1 aliphatic carbocycles. The van der Waals surface area contributed by atoms with Gasteiger partial charge in [0.05, 0.1) is 11.7 Å². The highest BCUT2D eigenvalue weighted by molar-refractivity contribution is 7.15. The van der Waals surface area contributed by atoms with Gasteiger partial charge in [0.1, 0.15) is 0 Å². The average Bonchev–Trinajstić information content (AvgIpc) is 2.81.